The summed E-state index contributed by atoms with van der Waals surface area (Å²) in [6.45, 7) is 0.596. The monoisotopic (exact) mass is 361 g/mol. The van der Waals surface area contributed by atoms with Crippen LogP contribution in [-0.4, -0.2) is 26.6 Å². The predicted octanol–water partition coefficient (Wildman–Crippen LogP) is 3.49. The van der Waals surface area contributed by atoms with Gasteiger partial charge in [-0.2, -0.15) is 5.10 Å². The fourth-order valence-corrected chi connectivity index (χ4v) is 3.19. The summed E-state index contributed by atoms with van der Waals surface area (Å²) in [6, 6.07) is 8.95. The van der Waals surface area contributed by atoms with Gasteiger partial charge in [0.1, 0.15) is 0 Å². The highest BCUT2D eigenvalue weighted by atomic mass is 16.2. The Hall–Kier alpha value is -3.48. The lowest BCUT2D eigenvalue weighted by Crippen LogP contribution is -2.20. The molecule has 0 saturated carbocycles. The summed E-state index contributed by atoms with van der Waals surface area (Å²) in [7, 11) is 0. The van der Waals surface area contributed by atoms with E-state index in [4.69, 9.17) is 0 Å². The van der Waals surface area contributed by atoms with E-state index in [1.54, 1.807) is 35.5 Å². The molecule has 7 heteroatoms. The normalized spacial score (nSPS) is 13.1. The lowest BCUT2D eigenvalue weighted by molar-refractivity contribution is 0.0972. The predicted molar refractivity (Wildman–Crippen MR) is 102 cm³/mol. The molecule has 0 aliphatic heterocycles. The summed E-state index contributed by atoms with van der Waals surface area (Å²) >= 11 is 0. The molecule has 7 nitrogen and oxygen atoms in total. The second-order valence-corrected chi connectivity index (χ2v) is 6.51. The van der Waals surface area contributed by atoms with Gasteiger partial charge in [-0.15, -0.1) is 0 Å². The van der Waals surface area contributed by atoms with Crippen molar-refractivity contribution in [3.05, 3.63) is 71.8 Å². The molecule has 1 aromatic carbocycles. The van der Waals surface area contributed by atoms with Crippen LogP contribution in [0.2, 0.25) is 0 Å². The lowest BCUT2D eigenvalue weighted by Gasteiger charge is -2.16. The van der Waals surface area contributed by atoms with Crippen molar-refractivity contribution in [2.75, 3.05) is 10.6 Å². The van der Waals surface area contributed by atoms with Gasteiger partial charge in [0.05, 0.1) is 18.4 Å². The number of carbonyl (C=O) groups is 2. The van der Waals surface area contributed by atoms with Crippen molar-refractivity contribution in [2.45, 2.75) is 25.8 Å². The minimum Gasteiger partial charge on any atom is -0.308 e. The van der Waals surface area contributed by atoms with Gasteiger partial charge in [0, 0.05) is 36.3 Å². The van der Waals surface area contributed by atoms with Gasteiger partial charge in [-0.1, -0.05) is 6.07 Å². The van der Waals surface area contributed by atoms with E-state index in [-0.39, 0.29) is 11.8 Å². The summed E-state index contributed by atoms with van der Waals surface area (Å²) in [4.78, 5) is 28.3. The highest BCUT2D eigenvalue weighted by molar-refractivity contribution is 6.02. The zero-order valence-corrected chi connectivity index (χ0v) is 14.7. The Morgan fingerprint density at radius 1 is 1.07 bits per heavy atom. The molecule has 2 aromatic heterocycles. The number of hydrogen-bond donors (Lipinski definition) is 2. The third-order valence-corrected chi connectivity index (χ3v) is 4.50. The number of amides is 2. The Bertz CT molecular complexity index is 981. The summed E-state index contributed by atoms with van der Waals surface area (Å²) in [5.74, 6) is 0.137. The summed E-state index contributed by atoms with van der Waals surface area (Å²) in [6.07, 6.45) is 9.18. The molecule has 0 spiro atoms. The lowest BCUT2D eigenvalue weighted by atomic mass is 9.90. The number of pyridine rings is 1. The highest BCUT2D eigenvalue weighted by Crippen LogP contribution is 2.24. The minimum atomic E-state index is -0.373. The van der Waals surface area contributed by atoms with Crippen molar-refractivity contribution in [1.82, 2.24) is 14.8 Å². The van der Waals surface area contributed by atoms with Crippen molar-refractivity contribution in [3.8, 4) is 0 Å². The number of benzene rings is 1. The van der Waals surface area contributed by atoms with Crippen molar-refractivity contribution >= 4 is 23.2 Å². The quantitative estimate of drug-likeness (QED) is 0.744. The number of carbonyl (C=O) groups excluding carboxylic acids is 2. The number of rotatable bonds is 4. The van der Waals surface area contributed by atoms with Gasteiger partial charge >= 0.3 is 6.03 Å². The largest absolute Gasteiger partial charge is 0.323 e. The number of aryl methyl sites for hydroxylation is 1. The minimum absolute atomic E-state index is 0.137. The molecule has 2 amide bonds. The Morgan fingerprint density at radius 3 is 2.74 bits per heavy atom. The van der Waals surface area contributed by atoms with Crippen LogP contribution in [0.1, 0.15) is 34.3 Å². The zero-order chi connectivity index (χ0) is 18.6. The second-order valence-electron chi connectivity index (χ2n) is 6.51. The first-order valence-corrected chi connectivity index (χ1v) is 8.83. The van der Waals surface area contributed by atoms with E-state index in [2.05, 4.69) is 20.7 Å². The van der Waals surface area contributed by atoms with Crippen molar-refractivity contribution in [2.24, 2.45) is 0 Å². The standard InChI is InChI=1S/C20H19N5O2/c26-19-3-1-2-15-4-5-16(10-18(15)19)23-20(27)24-17-11-22-25(13-17)12-14-6-8-21-9-7-14/h4-11,13H,1-3,12H2,(H2,23,24,27). The molecule has 1 aliphatic carbocycles. The molecule has 2 heterocycles. The van der Waals surface area contributed by atoms with Crippen LogP contribution >= 0.6 is 0 Å². The first-order chi connectivity index (χ1) is 13.2. The Kier molecular flexibility index (Phi) is 4.65. The first-order valence-electron chi connectivity index (χ1n) is 8.83. The van der Waals surface area contributed by atoms with Crippen LogP contribution in [0.4, 0.5) is 16.2 Å². The van der Waals surface area contributed by atoms with E-state index in [1.165, 1.54) is 0 Å². The topological polar surface area (TPSA) is 88.9 Å². The number of anilines is 2. The molecule has 0 unspecified atom stereocenters. The van der Waals surface area contributed by atoms with Gasteiger partial charge in [0.15, 0.2) is 5.78 Å². The van der Waals surface area contributed by atoms with E-state index in [1.807, 2.05) is 24.3 Å². The maximum absolute atomic E-state index is 12.2. The summed E-state index contributed by atoms with van der Waals surface area (Å²) in [5, 5.41) is 9.78. The van der Waals surface area contributed by atoms with Crippen molar-refractivity contribution in [1.29, 1.82) is 0 Å². The summed E-state index contributed by atoms with van der Waals surface area (Å²) in [5.41, 5.74) is 4.03. The Labute approximate surface area is 156 Å². The molecule has 27 heavy (non-hydrogen) atoms. The number of hydrogen-bond acceptors (Lipinski definition) is 4. The molecule has 1 aliphatic rings. The molecule has 0 bridgehead atoms. The molecule has 0 saturated heterocycles. The fourth-order valence-electron chi connectivity index (χ4n) is 3.19. The number of fused-ring (bicyclic) bond motifs is 1. The van der Waals surface area contributed by atoms with E-state index in [9.17, 15) is 9.59 Å². The van der Waals surface area contributed by atoms with E-state index in [0.717, 1.165) is 24.0 Å². The van der Waals surface area contributed by atoms with Crippen LogP contribution in [0.3, 0.4) is 0 Å². The van der Waals surface area contributed by atoms with Crippen LogP contribution in [0.25, 0.3) is 0 Å². The first kappa shape index (κ1) is 17.0. The Balaban J connectivity index is 1.39. The van der Waals surface area contributed by atoms with E-state index in [0.29, 0.717) is 29.9 Å². The number of nitrogens with zero attached hydrogens (tertiary/aromatic N) is 3. The molecule has 2 N–H and O–H groups in total. The SMILES string of the molecule is O=C(Nc1ccc2c(c1)C(=O)CCC2)Nc1cnn(Cc2ccncc2)c1. The second kappa shape index (κ2) is 7.41. The van der Waals surface area contributed by atoms with E-state index < -0.39 is 0 Å². The average Bonchev–Trinajstić information content (AvgIpc) is 3.10. The molecule has 0 atom stereocenters. The number of urea groups is 1. The molecular formula is C20H19N5O2. The van der Waals surface area contributed by atoms with Gasteiger partial charge in [0.2, 0.25) is 0 Å². The summed E-state index contributed by atoms with van der Waals surface area (Å²) < 4.78 is 1.74. The van der Waals surface area contributed by atoms with Gasteiger partial charge < -0.3 is 10.6 Å². The maximum atomic E-state index is 12.2. The van der Waals surface area contributed by atoms with E-state index >= 15 is 0 Å². The number of Topliss-reactive ketones (excluding diaryl/α,β-unsaturated/α-hetero) is 1. The number of nitrogens with one attached hydrogen (secondary N) is 2. The van der Waals surface area contributed by atoms with Crippen LogP contribution < -0.4 is 10.6 Å². The third kappa shape index (κ3) is 4.03. The van der Waals surface area contributed by atoms with Gasteiger partial charge in [-0.25, -0.2) is 4.79 Å². The molecule has 0 fully saturated rings. The maximum Gasteiger partial charge on any atom is 0.323 e. The molecule has 0 radical (unpaired) electrons. The third-order valence-electron chi connectivity index (χ3n) is 4.50. The smallest absolute Gasteiger partial charge is 0.308 e. The molecular weight excluding hydrogens is 342 g/mol. The fraction of sp³-hybridized carbons (Fsp3) is 0.200. The molecule has 3 aromatic rings. The molecule has 4 rings (SSSR count). The van der Waals surface area contributed by atoms with Crippen LogP contribution in [0, 0.1) is 0 Å². The van der Waals surface area contributed by atoms with Crippen molar-refractivity contribution < 1.29 is 9.59 Å². The average molecular weight is 361 g/mol. The molecule has 136 valence electrons. The van der Waals surface area contributed by atoms with Gasteiger partial charge in [-0.3, -0.25) is 14.5 Å². The number of aromatic nitrogens is 3. The van der Waals surface area contributed by atoms with Crippen molar-refractivity contribution in [3.63, 3.8) is 0 Å². The Morgan fingerprint density at radius 2 is 1.89 bits per heavy atom. The van der Waals surface area contributed by atoms with Gasteiger partial charge in [-0.05, 0) is 48.2 Å². The highest BCUT2D eigenvalue weighted by Gasteiger charge is 2.17. The van der Waals surface area contributed by atoms with Crippen LogP contribution in [0.5, 0.6) is 0 Å². The van der Waals surface area contributed by atoms with Crippen LogP contribution in [-0.2, 0) is 13.0 Å². The van der Waals surface area contributed by atoms with Gasteiger partial charge in [0.25, 0.3) is 0 Å². The number of ketones is 1. The zero-order valence-electron chi connectivity index (χ0n) is 14.7. The van der Waals surface area contributed by atoms with Crippen LogP contribution in [0.15, 0.2) is 55.1 Å².